The first-order valence-electron chi connectivity index (χ1n) is 15.6. The van der Waals surface area contributed by atoms with Crippen LogP contribution in [0.2, 0.25) is 10.0 Å². The summed E-state index contributed by atoms with van der Waals surface area (Å²) < 4.78 is 95.4. The molecule has 0 radical (unpaired) electrons. The van der Waals surface area contributed by atoms with Crippen LogP contribution >= 0.6 is 23.2 Å². The lowest BCUT2D eigenvalue weighted by atomic mass is 9.85. The third-order valence-electron chi connectivity index (χ3n) is 9.30. The Bertz CT molecular complexity index is 1650. The summed E-state index contributed by atoms with van der Waals surface area (Å²) in [6, 6.07) is 6.04. The molecule has 7 nitrogen and oxygen atoms in total. The number of nitrogens with zero attached hydrogens (tertiary/aromatic N) is 3. The van der Waals surface area contributed by atoms with Gasteiger partial charge in [-0.2, -0.15) is 26.3 Å². The van der Waals surface area contributed by atoms with Gasteiger partial charge in [0, 0.05) is 39.3 Å². The van der Waals surface area contributed by atoms with Gasteiger partial charge in [-0.1, -0.05) is 29.3 Å². The summed E-state index contributed by atoms with van der Waals surface area (Å²) in [4.78, 5) is 20.0. The average molecular weight is 726 g/mol. The van der Waals surface area contributed by atoms with Crippen molar-refractivity contribution in [2.24, 2.45) is 18.4 Å². The number of imidazole rings is 1. The van der Waals surface area contributed by atoms with Gasteiger partial charge in [-0.05, 0) is 69.7 Å². The fraction of sp³-hybridized carbons (Fsp3) is 0.562. The molecule has 1 unspecified atom stereocenters. The lowest BCUT2D eigenvalue weighted by molar-refractivity contribution is -0.209. The van der Waals surface area contributed by atoms with Gasteiger partial charge in [-0.25, -0.2) is 9.37 Å². The molecule has 1 aromatic heterocycles. The van der Waals surface area contributed by atoms with Crippen molar-refractivity contribution in [1.29, 1.82) is 0 Å². The smallest absolute Gasteiger partial charge is 0.368 e. The Kier molecular flexibility index (Phi) is 10.4. The first-order chi connectivity index (χ1) is 22.4. The van der Waals surface area contributed by atoms with Gasteiger partial charge in [0.25, 0.3) is 5.91 Å². The molecule has 264 valence electrons. The van der Waals surface area contributed by atoms with Crippen LogP contribution in [0.3, 0.4) is 0 Å². The summed E-state index contributed by atoms with van der Waals surface area (Å²) in [6.07, 6.45) is -9.21. The van der Waals surface area contributed by atoms with E-state index in [1.807, 2.05) is 0 Å². The summed E-state index contributed by atoms with van der Waals surface area (Å²) in [6.45, 7) is 2.36. The van der Waals surface area contributed by atoms with Crippen LogP contribution in [0, 0.1) is 11.3 Å². The van der Waals surface area contributed by atoms with E-state index in [-0.39, 0.29) is 79.0 Å². The standard InChI is InChI=1S/C32H37Cl2F7N6O/c1-30(2,32(39,40)41)16-42-14-17-4-9-22(33)27(26(17)34)45-29-44-23-12-21(24(13-25(23)46(29)3)47-11-10-19(35)15-47)28(48)43-20-7-5-18(6-8-20)31(36,37)38/h4,9,12-13,18-20,42H,5-8,10-11,14-16H2,1-3H3,(H,43,48)(H,44,45). The molecule has 2 aromatic carbocycles. The molecule has 1 saturated carbocycles. The van der Waals surface area contributed by atoms with Crippen molar-refractivity contribution in [2.45, 2.75) is 77.1 Å². The van der Waals surface area contributed by atoms with Crippen molar-refractivity contribution < 1.29 is 35.5 Å². The van der Waals surface area contributed by atoms with E-state index in [1.165, 1.54) is 0 Å². The van der Waals surface area contributed by atoms with Gasteiger partial charge >= 0.3 is 12.4 Å². The predicted molar refractivity (Wildman–Crippen MR) is 173 cm³/mol. The maximum atomic E-state index is 14.3. The molecule has 3 N–H and O–H groups in total. The number of halogens is 9. The molecule has 5 rings (SSSR count). The zero-order valence-electron chi connectivity index (χ0n) is 26.6. The van der Waals surface area contributed by atoms with Crippen LogP contribution in [0.25, 0.3) is 11.0 Å². The number of amides is 1. The van der Waals surface area contributed by atoms with E-state index >= 15 is 0 Å². The van der Waals surface area contributed by atoms with Crippen molar-refractivity contribution in [1.82, 2.24) is 20.2 Å². The van der Waals surface area contributed by atoms with E-state index in [1.54, 1.807) is 40.8 Å². The van der Waals surface area contributed by atoms with Gasteiger partial charge in [-0.15, -0.1) is 0 Å². The molecular weight excluding hydrogens is 688 g/mol. The second kappa shape index (κ2) is 13.7. The van der Waals surface area contributed by atoms with Crippen LogP contribution in [0.4, 0.5) is 48.1 Å². The molecule has 2 fully saturated rings. The number of aromatic nitrogens is 2. The number of rotatable bonds is 9. The Labute approximate surface area is 283 Å². The molecule has 1 saturated heterocycles. The highest BCUT2D eigenvalue weighted by Gasteiger charge is 2.46. The van der Waals surface area contributed by atoms with Crippen LogP contribution in [0.1, 0.15) is 61.9 Å². The molecule has 2 heterocycles. The maximum Gasteiger partial charge on any atom is 0.395 e. The second-order valence-corrected chi connectivity index (χ2v) is 14.0. The van der Waals surface area contributed by atoms with Crippen LogP contribution in [-0.4, -0.2) is 59.7 Å². The van der Waals surface area contributed by atoms with Crippen molar-refractivity contribution in [3.8, 4) is 0 Å². The molecule has 16 heteroatoms. The van der Waals surface area contributed by atoms with E-state index in [2.05, 4.69) is 20.9 Å². The molecule has 1 amide bonds. The summed E-state index contributed by atoms with van der Waals surface area (Å²) in [5.74, 6) is -1.58. The number of benzene rings is 2. The summed E-state index contributed by atoms with van der Waals surface area (Å²) in [5.41, 5.74) is 0.525. The number of carbonyl (C=O) groups excluding carboxylic acids is 1. The predicted octanol–water partition coefficient (Wildman–Crippen LogP) is 8.70. The van der Waals surface area contributed by atoms with Gasteiger partial charge in [0.05, 0.1) is 49.3 Å². The van der Waals surface area contributed by atoms with Crippen LogP contribution in [0.15, 0.2) is 24.3 Å². The highest BCUT2D eigenvalue weighted by Crippen LogP contribution is 2.40. The lowest BCUT2D eigenvalue weighted by Gasteiger charge is -2.30. The number of nitrogens with one attached hydrogen (secondary N) is 3. The fourth-order valence-corrected chi connectivity index (χ4v) is 6.65. The van der Waals surface area contributed by atoms with Gasteiger partial charge < -0.3 is 25.4 Å². The monoisotopic (exact) mass is 724 g/mol. The number of alkyl halides is 7. The van der Waals surface area contributed by atoms with E-state index in [9.17, 15) is 35.5 Å². The number of fused-ring (bicyclic) bond motifs is 1. The van der Waals surface area contributed by atoms with Crippen molar-refractivity contribution >= 4 is 57.5 Å². The second-order valence-electron chi connectivity index (χ2n) is 13.3. The van der Waals surface area contributed by atoms with E-state index < -0.39 is 41.8 Å². The van der Waals surface area contributed by atoms with Crippen LogP contribution in [0.5, 0.6) is 0 Å². The Balaban J connectivity index is 1.40. The molecule has 1 atom stereocenters. The van der Waals surface area contributed by atoms with Gasteiger partial charge in [0.1, 0.15) is 6.17 Å². The fourth-order valence-electron chi connectivity index (χ4n) is 6.12. The Morgan fingerprint density at radius 3 is 2.31 bits per heavy atom. The lowest BCUT2D eigenvalue weighted by Crippen LogP contribution is -2.41. The maximum absolute atomic E-state index is 14.3. The molecular formula is C32H37Cl2F7N6O. The minimum Gasteiger partial charge on any atom is -0.368 e. The van der Waals surface area contributed by atoms with Gasteiger partial charge in [0.15, 0.2) is 0 Å². The van der Waals surface area contributed by atoms with Crippen molar-refractivity contribution in [3.05, 3.63) is 45.4 Å². The first-order valence-corrected chi connectivity index (χ1v) is 16.4. The highest BCUT2D eigenvalue weighted by molar-refractivity contribution is 6.39. The Hall–Kier alpha value is -2.97. The van der Waals surface area contributed by atoms with E-state index in [4.69, 9.17) is 23.2 Å². The van der Waals surface area contributed by atoms with Crippen molar-refractivity contribution in [3.63, 3.8) is 0 Å². The Morgan fingerprint density at radius 1 is 1.02 bits per heavy atom. The molecule has 1 aliphatic heterocycles. The molecule has 0 spiro atoms. The molecule has 2 aliphatic rings. The first kappa shape index (κ1) is 36.3. The van der Waals surface area contributed by atoms with Crippen molar-refractivity contribution in [2.75, 3.05) is 29.9 Å². The topological polar surface area (TPSA) is 74.2 Å². The molecule has 1 aliphatic carbocycles. The van der Waals surface area contributed by atoms with E-state index in [0.717, 1.165) is 13.8 Å². The zero-order chi connectivity index (χ0) is 35.2. The number of aryl methyl sites for hydroxylation is 1. The SMILES string of the molecule is Cn1c(Nc2c(Cl)ccc(CNCC(C)(C)C(F)(F)F)c2Cl)nc2cc(C(=O)NC3CCC(C(F)(F)F)CC3)c(N3CCC(F)C3)cc21. The number of hydrogen-bond acceptors (Lipinski definition) is 5. The number of anilines is 3. The average Bonchev–Trinajstić information content (AvgIpc) is 3.57. The highest BCUT2D eigenvalue weighted by atomic mass is 35.5. The van der Waals surface area contributed by atoms with Crippen LogP contribution < -0.4 is 20.9 Å². The summed E-state index contributed by atoms with van der Waals surface area (Å²) >= 11 is 13.1. The van der Waals surface area contributed by atoms with Crippen LogP contribution in [-0.2, 0) is 13.6 Å². The largest absolute Gasteiger partial charge is 0.395 e. The number of hydrogen-bond donors (Lipinski definition) is 3. The minimum absolute atomic E-state index is 0.0395. The minimum atomic E-state index is -4.39. The van der Waals surface area contributed by atoms with Gasteiger partial charge in [-0.3, -0.25) is 4.79 Å². The third-order valence-corrected chi connectivity index (χ3v) is 10.0. The quantitative estimate of drug-likeness (QED) is 0.193. The Morgan fingerprint density at radius 2 is 1.71 bits per heavy atom. The summed E-state index contributed by atoms with van der Waals surface area (Å²) in [5, 5.41) is 9.22. The number of carbonyl (C=O) groups is 1. The third kappa shape index (κ3) is 7.75. The summed E-state index contributed by atoms with van der Waals surface area (Å²) in [7, 11) is 1.72. The zero-order valence-corrected chi connectivity index (χ0v) is 28.1. The van der Waals surface area contributed by atoms with Gasteiger partial charge in [0.2, 0.25) is 5.95 Å². The normalized spacial score (nSPS) is 20.8. The van der Waals surface area contributed by atoms with E-state index in [0.29, 0.717) is 28.8 Å². The molecule has 3 aromatic rings. The molecule has 48 heavy (non-hydrogen) atoms. The molecule has 0 bridgehead atoms.